The number of benzene rings is 2. The van der Waals surface area contributed by atoms with Crippen LogP contribution >= 0.6 is 11.8 Å². The molecule has 0 amide bonds. The van der Waals surface area contributed by atoms with Crippen LogP contribution in [-0.2, 0) is 19.6 Å². The summed E-state index contributed by atoms with van der Waals surface area (Å²) in [5, 5.41) is 1.92. The van der Waals surface area contributed by atoms with Crippen molar-refractivity contribution < 1.29 is 22.7 Å². The zero-order chi connectivity index (χ0) is 24.0. The lowest BCUT2D eigenvalue weighted by Crippen LogP contribution is -2.44. The number of rotatable bonds is 5. The van der Waals surface area contributed by atoms with Crippen LogP contribution in [0.1, 0.15) is 37.9 Å². The van der Waals surface area contributed by atoms with Gasteiger partial charge in [-0.05, 0) is 68.5 Å². The Kier molecular flexibility index (Phi) is 6.14. The van der Waals surface area contributed by atoms with E-state index in [2.05, 4.69) is 0 Å². The molecule has 2 heterocycles. The Balaban J connectivity index is 1.90. The first-order valence-electron chi connectivity index (χ1n) is 10.8. The van der Waals surface area contributed by atoms with E-state index in [1.807, 2.05) is 45.2 Å². The normalized spacial score (nSPS) is 23.2. The Morgan fingerprint density at radius 1 is 1.15 bits per heavy atom. The number of sulfonamides is 1. The van der Waals surface area contributed by atoms with E-state index in [9.17, 15) is 13.2 Å². The van der Waals surface area contributed by atoms with E-state index < -0.39 is 33.1 Å². The van der Waals surface area contributed by atoms with Crippen molar-refractivity contribution in [3.8, 4) is 5.75 Å². The molecular formula is C25H29NO5S2. The third-order valence-corrected chi connectivity index (χ3v) is 8.89. The van der Waals surface area contributed by atoms with Gasteiger partial charge in [-0.3, -0.25) is 4.79 Å². The van der Waals surface area contributed by atoms with Crippen LogP contribution in [0.3, 0.4) is 0 Å². The molecule has 0 aliphatic carbocycles. The quantitative estimate of drug-likeness (QED) is 0.569. The molecule has 2 aliphatic rings. The molecule has 176 valence electrons. The number of esters is 1. The summed E-state index contributed by atoms with van der Waals surface area (Å²) in [7, 11) is -2.33. The minimum Gasteiger partial charge on any atom is -0.497 e. The molecule has 0 unspecified atom stereocenters. The van der Waals surface area contributed by atoms with Gasteiger partial charge in [0.15, 0.2) is 0 Å². The highest BCUT2D eigenvalue weighted by molar-refractivity contribution is 8.02. The van der Waals surface area contributed by atoms with Gasteiger partial charge >= 0.3 is 5.97 Å². The van der Waals surface area contributed by atoms with E-state index in [1.165, 1.54) is 16.1 Å². The van der Waals surface area contributed by atoms with Crippen LogP contribution in [0.15, 0.2) is 64.4 Å². The smallest absolute Gasteiger partial charge is 0.319 e. The lowest BCUT2D eigenvalue weighted by molar-refractivity contribution is -0.165. The van der Waals surface area contributed by atoms with Gasteiger partial charge in [-0.1, -0.05) is 29.8 Å². The maximum absolute atomic E-state index is 13.9. The Bertz CT molecular complexity index is 1200. The zero-order valence-electron chi connectivity index (χ0n) is 19.5. The molecule has 0 N–H and O–H groups in total. The average Bonchev–Trinajstić information content (AvgIpc) is 3.30. The van der Waals surface area contributed by atoms with Crippen LogP contribution in [0.2, 0.25) is 0 Å². The van der Waals surface area contributed by atoms with Gasteiger partial charge in [-0.15, -0.1) is 11.8 Å². The van der Waals surface area contributed by atoms with Gasteiger partial charge in [0.2, 0.25) is 10.0 Å². The van der Waals surface area contributed by atoms with Crippen molar-refractivity contribution in [3.05, 3.63) is 70.6 Å². The highest BCUT2D eigenvalue weighted by atomic mass is 32.2. The van der Waals surface area contributed by atoms with Crippen LogP contribution in [0.5, 0.6) is 5.75 Å². The molecule has 4 rings (SSSR count). The molecule has 0 spiro atoms. The third-order valence-electron chi connectivity index (χ3n) is 5.99. The first kappa shape index (κ1) is 23.9. The monoisotopic (exact) mass is 487 g/mol. The van der Waals surface area contributed by atoms with Crippen LogP contribution in [0.4, 0.5) is 0 Å². The standard InChI is InChI=1S/C25H29NO5S2/c1-17-9-11-21(12-10-17)33(28,29)26-14-19-15-32-16-25(19,23(27)31-24(2,3)4)22(26)18-7-6-8-20(13-18)30-5/h6-13,15,22H,14,16H2,1-5H3/t22-,25-/m0/s1. The molecule has 0 saturated carbocycles. The average molecular weight is 488 g/mol. The fourth-order valence-corrected chi connectivity index (χ4v) is 7.34. The lowest BCUT2D eigenvalue weighted by Gasteiger charge is -2.36. The zero-order valence-corrected chi connectivity index (χ0v) is 21.1. The maximum atomic E-state index is 13.9. The number of methoxy groups -OCH3 is 1. The Morgan fingerprint density at radius 2 is 1.85 bits per heavy atom. The van der Waals surface area contributed by atoms with Crippen LogP contribution in [0.25, 0.3) is 0 Å². The SMILES string of the molecule is COc1cccc([C@@H]2N(S(=O)(=O)c3ccc(C)cc3)CC3=CSC[C@]32C(=O)OC(C)(C)C)c1. The number of hydrogen-bond acceptors (Lipinski definition) is 6. The molecule has 33 heavy (non-hydrogen) atoms. The molecular weight excluding hydrogens is 458 g/mol. The van der Waals surface area contributed by atoms with Crippen molar-refractivity contribution in [2.24, 2.45) is 5.41 Å². The molecule has 6 nitrogen and oxygen atoms in total. The minimum absolute atomic E-state index is 0.129. The Hall–Kier alpha value is -2.29. The summed E-state index contributed by atoms with van der Waals surface area (Å²) in [5.74, 6) is 0.613. The molecule has 0 aromatic heterocycles. The van der Waals surface area contributed by atoms with E-state index in [4.69, 9.17) is 9.47 Å². The van der Waals surface area contributed by atoms with Gasteiger partial charge in [-0.25, -0.2) is 8.42 Å². The van der Waals surface area contributed by atoms with Crippen LogP contribution in [0, 0.1) is 12.3 Å². The molecule has 2 aromatic carbocycles. The molecule has 0 bridgehead atoms. The predicted octanol–water partition coefficient (Wildman–Crippen LogP) is 4.71. The first-order chi connectivity index (χ1) is 15.5. The number of carbonyl (C=O) groups is 1. The summed E-state index contributed by atoms with van der Waals surface area (Å²) < 4.78 is 40.5. The first-order valence-corrected chi connectivity index (χ1v) is 13.2. The van der Waals surface area contributed by atoms with Gasteiger partial charge in [0, 0.05) is 12.3 Å². The molecule has 1 fully saturated rings. The van der Waals surface area contributed by atoms with Gasteiger partial charge in [-0.2, -0.15) is 4.31 Å². The number of thioether (sulfide) groups is 1. The number of ether oxygens (including phenoxy) is 2. The second-order valence-electron chi connectivity index (χ2n) is 9.47. The van der Waals surface area contributed by atoms with Gasteiger partial charge in [0.25, 0.3) is 0 Å². The second kappa shape index (κ2) is 8.49. The number of aryl methyl sites for hydroxylation is 1. The van der Waals surface area contributed by atoms with Crippen molar-refractivity contribution >= 4 is 27.8 Å². The van der Waals surface area contributed by atoms with E-state index in [1.54, 1.807) is 43.5 Å². The number of nitrogens with zero attached hydrogens (tertiary/aromatic N) is 1. The molecule has 2 aliphatic heterocycles. The van der Waals surface area contributed by atoms with Gasteiger partial charge in [0.1, 0.15) is 16.8 Å². The topological polar surface area (TPSA) is 72.9 Å². The Morgan fingerprint density at radius 3 is 2.48 bits per heavy atom. The van der Waals surface area contributed by atoms with Crippen molar-refractivity contribution in [3.63, 3.8) is 0 Å². The van der Waals surface area contributed by atoms with Crippen LogP contribution in [-0.4, -0.2) is 43.7 Å². The van der Waals surface area contributed by atoms with Crippen molar-refractivity contribution in [2.75, 3.05) is 19.4 Å². The fourth-order valence-electron chi connectivity index (χ4n) is 4.41. The van der Waals surface area contributed by atoms with E-state index in [0.29, 0.717) is 17.1 Å². The molecule has 2 atom stereocenters. The fraction of sp³-hybridized carbons (Fsp3) is 0.400. The summed E-state index contributed by atoms with van der Waals surface area (Å²) in [4.78, 5) is 13.9. The highest BCUT2D eigenvalue weighted by Crippen LogP contribution is 2.58. The van der Waals surface area contributed by atoms with E-state index in [-0.39, 0.29) is 11.4 Å². The summed E-state index contributed by atoms with van der Waals surface area (Å²) >= 11 is 1.52. The Labute approximate surface area is 200 Å². The molecule has 0 radical (unpaired) electrons. The number of fused-ring (bicyclic) bond motifs is 1. The molecule has 2 aromatic rings. The summed E-state index contributed by atoms with van der Waals surface area (Å²) in [6.45, 7) is 7.51. The van der Waals surface area contributed by atoms with Crippen LogP contribution < -0.4 is 4.74 Å². The summed E-state index contributed by atoms with van der Waals surface area (Å²) in [5.41, 5.74) is 0.627. The minimum atomic E-state index is -3.90. The predicted molar refractivity (Wildman–Crippen MR) is 130 cm³/mol. The number of carbonyl (C=O) groups excluding carboxylic acids is 1. The van der Waals surface area contributed by atoms with Crippen molar-refractivity contribution in [1.29, 1.82) is 0 Å². The van der Waals surface area contributed by atoms with Gasteiger partial charge < -0.3 is 9.47 Å². The maximum Gasteiger partial charge on any atom is 0.319 e. The third kappa shape index (κ3) is 4.20. The molecule has 1 saturated heterocycles. The van der Waals surface area contributed by atoms with Gasteiger partial charge in [0.05, 0.1) is 18.0 Å². The summed E-state index contributed by atoms with van der Waals surface area (Å²) in [6, 6.07) is 13.3. The number of hydrogen-bond donors (Lipinski definition) is 0. The van der Waals surface area contributed by atoms with E-state index >= 15 is 0 Å². The largest absolute Gasteiger partial charge is 0.497 e. The lowest BCUT2D eigenvalue weighted by atomic mass is 9.76. The molecule has 8 heteroatoms. The van der Waals surface area contributed by atoms with Crippen molar-refractivity contribution in [2.45, 2.75) is 44.2 Å². The van der Waals surface area contributed by atoms with Crippen molar-refractivity contribution in [1.82, 2.24) is 4.31 Å². The summed E-state index contributed by atoms with van der Waals surface area (Å²) in [6.07, 6.45) is 0. The highest BCUT2D eigenvalue weighted by Gasteiger charge is 2.62. The second-order valence-corrected chi connectivity index (χ2v) is 12.2. The van der Waals surface area contributed by atoms with E-state index in [0.717, 1.165) is 11.1 Å².